The maximum absolute atomic E-state index is 12.1. The number of ether oxygens (including phenoxy) is 1. The van der Waals surface area contributed by atoms with Crippen LogP contribution in [0.5, 0.6) is 5.75 Å². The van der Waals surface area contributed by atoms with Gasteiger partial charge in [0.25, 0.3) is 10.0 Å². The van der Waals surface area contributed by atoms with Crippen LogP contribution in [0.2, 0.25) is 0 Å². The van der Waals surface area contributed by atoms with Crippen LogP contribution in [-0.4, -0.2) is 20.7 Å². The molecule has 23 heavy (non-hydrogen) atoms. The van der Waals surface area contributed by atoms with Crippen LogP contribution in [0.25, 0.3) is 0 Å². The number of nitrogens with zero attached hydrogens (tertiary/aromatic N) is 1. The number of benzene rings is 2. The molecule has 1 N–H and O–H groups in total. The quantitative estimate of drug-likeness (QED) is 0.649. The smallest absolute Gasteiger partial charge is 0.387 e. The molecule has 0 unspecified atom stereocenters. The van der Waals surface area contributed by atoms with Gasteiger partial charge in [0.05, 0.1) is 10.6 Å². The number of hydrazone groups is 1. The van der Waals surface area contributed by atoms with Crippen LogP contribution in [0.3, 0.4) is 0 Å². The van der Waals surface area contributed by atoms with Gasteiger partial charge in [0.2, 0.25) is 0 Å². The Labute approximate surface area is 132 Å². The Morgan fingerprint density at radius 1 is 1.09 bits per heavy atom. The third-order valence-electron chi connectivity index (χ3n) is 2.88. The predicted molar refractivity (Wildman–Crippen MR) is 82.0 cm³/mol. The van der Waals surface area contributed by atoms with Gasteiger partial charge in [-0.15, -0.1) is 0 Å². The van der Waals surface area contributed by atoms with Crippen LogP contribution >= 0.6 is 0 Å². The molecule has 5 nitrogen and oxygen atoms in total. The lowest BCUT2D eigenvalue weighted by molar-refractivity contribution is -0.0498. The third kappa shape index (κ3) is 4.75. The second kappa shape index (κ2) is 7.19. The van der Waals surface area contributed by atoms with Gasteiger partial charge in [-0.1, -0.05) is 18.2 Å². The lowest BCUT2D eigenvalue weighted by Gasteiger charge is -2.07. The largest absolute Gasteiger partial charge is 0.435 e. The molecule has 2 aromatic carbocycles. The Morgan fingerprint density at radius 2 is 1.70 bits per heavy atom. The first-order valence-electron chi connectivity index (χ1n) is 6.55. The van der Waals surface area contributed by atoms with Gasteiger partial charge in [-0.3, -0.25) is 0 Å². The average Bonchev–Trinajstić information content (AvgIpc) is 2.54. The molecule has 0 bridgehead atoms. The predicted octanol–water partition coefficient (Wildman–Crippen LogP) is 2.99. The summed E-state index contributed by atoms with van der Waals surface area (Å²) < 4.78 is 52.4. The number of nitrogens with one attached hydrogen (secondary N) is 1. The van der Waals surface area contributed by atoms with E-state index in [4.69, 9.17) is 0 Å². The van der Waals surface area contributed by atoms with Crippen LogP contribution in [0.15, 0.2) is 64.6 Å². The second-order valence-corrected chi connectivity index (χ2v) is 6.17. The molecular formula is C15H14F2N2O3S. The van der Waals surface area contributed by atoms with E-state index >= 15 is 0 Å². The standard InChI is InChI=1S/C15H14F2N2O3S/c1-11(12-7-9-13(10-8-12)22-15(16)17)18-19-23(20,21)14-5-3-2-4-6-14/h2-10,15,19H,1H3/b18-11-. The normalized spacial score (nSPS) is 12.3. The fraction of sp³-hybridized carbons (Fsp3) is 0.133. The molecule has 0 fully saturated rings. The minimum absolute atomic E-state index is 0.0152. The highest BCUT2D eigenvalue weighted by molar-refractivity contribution is 7.89. The Hall–Kier alpha value is -2.48. The van der Waals surface area contributed by atoms with Crippen LogP contribution in [0.1, 0.15) is 12.5 Å². The lowest BCUT2D eigenvalue weighted by atomic mass is 10.1. The molecule has 0 radical (unpaired) electrons. The summed E-state index contributed by atoms with van der Waals surface area (Å²) in [4.78, 5) is 2.22. The van der Waals surface area contributed by atoms with E-state index in [1.807, 2.05) is 0 Å². The van der Waals surface area contributed by atoms with E-state index in [0.29, 0.717) is 11.3 Å². The van der Waals surface area contributed by atoms with Gasteiger partial charge < -0.3 is 4.74 Å². The zero-order valence-corrected chi connectivity index (χ0v) is 12.9. The minimum Gasteiger partial charge on any atom is -0.435 e. The van der Waals surface area contributed by atoms with Gasteiger partial charge in [-0.25, -0.2) is 0 Å². The van der Waals surface area contributed by atoms with Crippen molar-refractivity contribution in [1.82, 2.24) is 4.83 Å². The topological polar surface area (TPSA) is 67.8 Å². The molecule has 0 amide bonds. The van der Waals surface area contributed by atoms with Gasteiger partial charge >= 0.3 is 6.61 Å². The molecule has 0 aliphatic carbocycles. The lowest BCUT2D eigenvalue weighted by Crippen LogP contribution is -2.19. The summed E-state index contributed by atoms with van der Waals surface area (Å²) in [6.07, 6.45) is 0. The summed E-state index contributed by atoms with van der Waals surface area (Å²) in [5, 5.41) is 3.82. The molecule has 2 rings (SSSR count). The Bertz CT molecular complexity index is 776. The molecule has 0 saturated carbocycles. The molecule has 0 spiro atoms. The van der Waals surface area contributed by atoms with Crippen molar-refractivity contribution >= 4 is 15.7 Å². The molecule has 2 aromatic rings. The number of sulfonamides is 1. The first-order chi connectivity index (χ1) is 10.9. The van der Waals surface area contributed by atoms with Crippen molar-refractivity contribution in [3.63, 3.8) is 0 Å². The van der Waals surface area contributed by atoms with E-state index < -0.39 is 16.6 Å². The van der Waals surface area contributed by atoms with Gasteiger partial charge in [0, 0.05) is 0 Å². The van der Waals surface area contributed by atoms with Crippen LogP contribution in [0, 0.1) is 0 Å². The van der Waals surface area contributed by atoms with Crippen molar-refractivity contribution in [2.45, 2.75) is 18.4 Å². The van der Waals surface area contributed by atoms with Crippen molar-refractivity contribution < 1.29 is 21.9 Å². The Kier molecular flexibility index (Phi) is 5.28. The Balaban J connectivity index is 2.11. The molecule has 8 heteroatoms. The minimum atomic E-state index is -3.75. The van der Waals surface area contributed by atoms with Crippen molar-refractivity contribution in [1.29, 1.82) is 0 Å². The van der Waals surface area contributed by atoms with E-state index in [9.17, 15) is 17.2 Å². The summed E-state index contributed by atoms with van der Waals surface area (Å²) in [7, 11) is -3.75. The first-order valence-corrected chi connectivity index (χ1v) is 8.03. The highest BCUT2D eigenvalue weighted by atomic mass is 32.2. The second-order valence-electron chi connectivity index (χ2n) is 4.51. The maximum atomic E-state index is 12.1. The molecule has 0 saturated heterocycles. The summed E-state index contributed by atoms with van der Waals surface area (Å²) in [6.45, 7) is -1.30. The summed E-state index contributed by atoms with van der Waals surface area (Å²) >= 11 is 0. The third-order valence-corrected chi connectivity index (χ3v) is 4.11. The van der Waals surface area contributed by atoms with Crippen molar-refractivity contribution in [3.8, 4) is 5.75 Å². The number of rotatable bonds is 6. The van der Waals surface area contributed by atoms with E-state index in [1.165, 1.54) is 36.4 Å². The van der Waals surface area contributed by atoms with Gasteiger partial charge in [-0.05, 0) is 48.9 Å². The number of alkyl halides is 2. The zero-order valence-electron chi connectivity index (χ0n) is 12.1. The highest BCUT2D eigenvalue weighted by Gasteiger charge is 2.12. The fourth-order valence-electron chi connectivity index (χ4n) is 1.72. The first kappa shape index (κ1) is 16.9. The van der Waals surface area contributed by atoms with Gasteiger partial charge in [-0.2, -0.15) is 27.1 Å². The summed E-state index contributed by atoms with van der Waals surface area (Å²) in [6, 6.07) is 13.5. The van der Waals surface area contributed by atoms with E-state index in [0.717, 1.165) is 0 Å². The molecule has 0 aliphatic rings. The van der Waals surface area contributed by atoms with Crippen molar-refractivity contribution in [2.24, 2.45) is 5.10 Å². The average molecular weight is 340 g/mol. The van der Waals surface area contributed by atoms with Crippen LogP contribution in [0.4, 0.5) is 8.78 Å². The van der Waals surface area contributed by atoms with Gasteiger partial charge in [0.15, 0.2) is 0 Å². The van der Waals surface area contributed by atoms with E-state index in [1.54, 1.807) is 25.1 Å². The summed E-state index contributed by atoms with van der Waals surface area (Å²) in [5.74, 6) is 0.0152. The fourth-order valence-corrected chi connectivity index (χ4v) is 2.60. The van der Waals surface area contributed by atoms with Gasteiger partial charge in [0.1, 0.15) is 5.75 Å². The molecule has 0 heterocycles. The molecular weight excluding hydrogens is 326 g/mol. The van der Waals surface area contributed by atoms with Crippen LogP contribution < -0.4 is 9.57 Å². The maximum Gasteiger partial charge on any atom is 0.387 e. The van der Waals surface area contributed by atoms with Crippen molar-refractivity contribution in [2.75, 3.05) is 0 Å². The number of hydrogen-bond acceptors (Lipinski definition) is 4. The zero-order chi connectivity index (χ0) is 16.9. The van der Waals surface area contributed by atoms with Crippen molar-refractivity contribution in [3.05, 3.63) is 60.2 Å². The number of halogens is 2. The molecule has 0 aromatic heterocycles. The highest BCUT2D eigenvalue weighted by Crippen LogP contribution is 2.15. The molecule has 0 aliphatic heterocycles. The SMILES string of the molecule is C/C(=N/NS(=O)(=O)c1ccccc1)c1ccc(OC(F)F)cc1. The molecule has 122 valence electrons. The molecule has 0 atom stereocenters. The monoisotopic (exact) mass is 340 g/mol. The van der Waals surface area contributed by atoms with E-state index in [2.05, 4.69) is 14.7 Å². The number of hydrogen-bond donors (Lipinski definition) is 1. The Morgan fingerprint density at radius 3 is 2.26 bits per heavy atom. The van der Waals surface area contributed by atoms with Crippen LogP contribution in [-0.2, 0) is 10.0 Å². The summed E-state index contributed by atoms with van der Waals surface area (Å²) in [5.41, 5.74) is 0.954. The van der Waals surface area contributed by atoms with E-state index in [-0.39, 0.29) is 10.6 Å².